The summed E-state index contributed by atoms with van der Waals surface area (Å²) in [5, 5.41) is 0.887. The lowest BCUT2D eigenvalue weighted by Crippen LogP contribution is -2.47. The van der Waals surface area contributed by atoms with E-state index in [0.717, 1.165) is 54.1 Å². The smallest absolute Gasteiger partial charge is 0.355 e. The van der Waals surface area contributed by atoms with Gasteiger partial charge in [-0.2, -0.15) is 0 Å². The van der Waals surface area contributed by atoms with Gasteiger partial charge in [0.25, 0.3) is 5.56 Å². The molecule has 0 saturated heterocycles. The largest absolute Gasteiger partial charge is 0.457 e. The lowest BCUT2D eigenvalue weighted by molar-refractivity contribution is -0.189. The average molecular weight is 925 g/mol. The van der Waals surface area contributed by atoms with Gasteiger partial charge >= 0.3 is 17.9 Å². The monoisotopic (exact) mass is 925 g/mol. The minimum atomic E-state index is -1.70. The molecule has 0 unspecified atom stereocenters. The Morgan fingerprint density at radius 1 is 0.612 bits per heavy atom. The van der Waals surface area contributed by atoms with Gasteiger partial charge in [0, 0.05) is 29.4 Å². The fourth-order valence-corrected chi connectivity index (χ4v) is 10.5. The number of carbonyl (C=O) groups excluding carboxylic acids is 3. The minimum Gasteiger partial charge on any atom is -0.457 e. The van der Waals surface area contributed by atoms with Crippen LogP contribution in [0.25, 0.3) is 22.3 Å². The fraction of sp³-hybridized carbons (Fsp3) is 0.707. The third kappa shape index (κ3) is 16.0. The van der Waals surface area contributed by atoms with Crippen LogP contribution in [-0.2, 0) is 49.0 Å². The molecule has 1 aromatic carbocycles. The molecule has 2 aliphatic heterocycles. The number of carbonyl (C=O) groups is 3. The van der Waals surface area contributed by atoms with Crippen LogP contribution in [-0.4, -0.2) is 27.5 Å². The fourth-order valence-electron chi connectivity index (χ4n) is 10.5. The predicted octanol–water partition coefficient (Wildman–Crippen LogP) is 15.6. The Kier molecular flexibility index (Phi) is 24.0. The third-order valence-electron chi connectivity index (χ3n) is 14.6. The van der Waals surface area contributed by atoms with Crippen LogP contribution in [0.4, 0.5) is 0 Å². The first-order valence-corrected chi connectivity index (χ1v) is 27.6. The molecule has 0 radical (unpaired) electrons. The number of fused-ring (bicyclic) bond motifs is 5. The van der Waals surface area contributed by atoms with Gasteiger partial charge in [-0.25, -0.2) is 9.78 Å². The number of pyridine rings is 2. The first-order chi connectivity index (χ1) is 32.8. The van der Waals surface area contributed by atoms with E-state index in [0.29, 0.717) is 54.1 Å². The quantitative estimate of drug-likeness (QED) is 0.0252. The Morgan fingerprint density at radius 2 is 1.09 bits per heavy atom. The van der Waals surface area contributed by atoms with Gasteiger partial charge in [0.1, 0.15) is 12.4 Å². The highest BCUT2D eigenvalue weighted by atomic mass is 16.6. The normalized spacial score (nSPS) is 15.1. The molecule has 2 aliphatic rings. The van der Waals surface area contributed by atoms with Crippen molar-refractivity contribution in [1.82, 2.24) is 9.55 Å². The SMILES string of the molecule is CCCCCCCCCCCCCCCCCC(=O)Oc1ccc2nc3c(c(CC)c2c1)Cn1c-3cc2c(c1=O)COC(=O)[C@@]2(CC)OC(=O)CCCCCCCCCCCCCCCCC. The maximum absolute atomic E-state index is 14.3. The number of esters is 3. The van der Waals surface area contributed by atoms with Gasteiger partial charge in [0.2, 0.25) is 5.60 Å². The van der Waals surface area contributed by atoms with E-state index in [4.69, 9.17) is 19.2 Å². The number of hydrogen-bond acceptors (Lipinski definition) is 8. The molecule has 1 atom stereocenters. The minimum absolute atomic E-state index is 0.144. The molecule has 9 heteroatoms. The summed E-state index contributed by atoms with van der Waals surface area (Å²) in [5.74, 6) is -0.826. The van der Waals surface area contributed by atoms with Gasteiger partial charge in [-0.1, -0.05) is 207 Å². The van der Waals surface area contributed by atoms with Crippen molar-refractivity contribution in [2.24, 2.45) is 0 Å². The van der Waals surface area contributed by atoms with E-state index in [1.165, 1.54) is 154 Å². The summed E-state index contributed by atoms with van der Waals surface area (Å²) in [4.78, 5) is 59.3. The summed E-state index contributed by atoms with van der Waals surface area (Å²) in [5.41, 5.74) is 2.73. The molecule has 0 saturated carbocycles. The van der Waals surface area contributed by atoms with Crippen LogP contribution < -0.4 is 10.3 Å². The second kappa shape index (κ2) is 29.8. The van der Waals surface area contributed by atoms with E-state index in [-0.39, 0.29) is 31.0 Å². The number of rotatable bonds is 36. The second-order valence-corrected chi connectivity index (χ2v) is 19.9. The number of cyclic esters (lactones) is 1. The highest BCUT2D eigenvalue weighted by molar-refractivity contribution is 5.91. The maximum atomic E-state index is 14.3. The lowest BCUT2D eigenvalue weighted by Gasteiger charge is -2.35. The van der Waals surface area contributed by atoms with Gasteiger partial charge < -0.3 is 18.8 Å². The van der Waals surface area contributed by atoms with E-state index in [2.05, 4.69) is 20.8 Å². The first-order valence-electron chi connectivity index (χ1n) is 27.6. The van der Waals surface area contributed by atoms with Crippen LogP contribution in [0.1, 0.15) is 262 Å². The van der Waals surface area contributed by atoms with Gasteiger partial charge in [-0.05, 0) is 55.5 Å². The Hall–Kier alpha value is -4.01. The molecule has 0 aliphatic carbocycles. The molecule has 5 rings (SSSR count). The number of unbranched alkanes of at least 4 members (excludes halogenated alkanes) is 28. The average Bonchev–Trinajstić information content (AvgIpc) is 3.70. The topological polar surface area (TPSA) is 114 Å². The summed E-state index contributed by atoms with van der Waals surface area (Å²) >= 11 is 0. The predicted molar refractivity (Wildman–Crippen MR) is 273 cm³/mol. The van der Waals surface area contributed by atoms with Crippen molar-refractivity contribution in [3.05, 3.63) is 56.9 Å². The summed E-state index contributed by atoms with van der Waals surface area (Å²) in [6.45, 7) is 8.55. The zero-order valence-electron chi connectivity index (χ0n) is 42.5. The zero-order valence-corrected chi connectivity index (χ0v) is 42.5. The molecule has 0 spiro atoms. The van der Waals surface area contributed by atoms with Crippen LogP contribution in [0.3, 0.4) is 0 Å². The van der Waals surface area contributed by atoms with E-state index >= 15 is 0 Å². The number of ether oxygens (including phenoxy) is 3. The number of hydrogen-bond donors (Lipinski definition) is 0. The Bertz CT molecular complexity index is 2050. The van der Waals surface area contributed by atoms with Crippen molar-refractivity contribution in [3.8, 4) is 17.1 Å². The van der Waals surface area contributed by atoms with Crippen molar-refractivity contribution < 1.29 is 28.6 Å². The van der Waals surface area contributed by atoms with Gasteiger partial charge in [-0.3, -0.25) is 14.4 Å². The molecule has 0 N–H and O–H groups in total. The number of aromatic nitrogens is 2. The number of nitrogens with zero attached hydrogens (tertiary/aromatic N) is 2. The molecular weight excluding hydrogens is 837 g/mol. The Balaban J connectivity index is 1.10. The highest BCUT2D eigenvalue weighted by Crippen LogP contribution is 2.43. The van der Waals surface area contributed by atoms with Crippen molar-refractivity contribution >= 4 is 28.8 Å². The molecule has 372 valence electrons. The summed E-state index contributed by atoms with van der Waals surface area (Å²) < 4.78 is 19.3. The third-order valence-corrected chi connectivity index (χ3v) is 14.6. The number of aryl methyl sites for hydroxylation is 1. The molecule has 4 heterocycles. The maximum Gasteiger partial charge on any atom is 0.355 e. The molecule has 9 nitrogen and oxygen atoms in total. The standard InChI is InChI=1S/C58H88N2O7/c1-5-9-11-13-15-17-19-21-23-25-27-29-31-33-35-37-53(61)66-45-39-40-51-47(41-45)46(7-3)48-43-60-52(55(48)59-51)42-50-49(56(60)63)44-65-57(64)58(50,8-4)67-54(62)38-36-34-32-30-28-26-24-22-20-18-16-14-12-10-6-2/h39-42H,5-38,43-44H2,1-4H3/t58-/m0/s1. The van der Waals surface area contributed by atoms with Crippen LogP contribution >= 0.6 is 0 Å². The molecule has 0 amide bonds. The van der Waals surface area contributed by atoms with Crippen molar-refractivity contribution in [1.29, 1.82) is 0 Å². The highest BCUT2D eigenvalue weighted by Gasteiger charge is 2.50. The molecular formula is C58H88N2O7. The molecule has 2 aromatic heterocycles. The molecule has 67 heavy (non-hydrogen) atoms. The van der Waals surface area contributed by atoms with E-state index < -0.39 is 17.5 Å². The van der Waals surface area contributed by atoms with Crippen molar-refractivity contribution in [2.75, 3.05) is 0 Å². The molecule has 0 fully saturated rings. The summed E-state index contributed by atoms with van der Waals surface area (Å²) in [6, 6.07) is 7.39. The van der Waals surface area contributed by atoms with Crippen molar-refractivity contribution in [2.45, 2.75) is 265 Å². The van der Waals surface area contributed by atoms with Gasteiger partial charge in [0.15, 0.2) is 0 Å². The van der Waals surface area contributed by atoms with Gasteiger partial charge in [-0.15, -0.1) is 0 Å². The number of benzene rings is 1. The second-order valence-electron chi connectivity index (χ2n) is 19.9. The summed E-state index contributed by atoms with van der Waals surface area (Å²) in [6.07, 6.45) is 39.1. The Morgan fingerprint density at radius 3 is 1.57 bits per heavy atom. The van der Waals surface area contributed by atoms with E-state index in [9.17, 15) is 19.2 Å². The first kappa shape index (κ1) is 53.9. The Labute approximate surface area is 404 Å². The molecule has 0 bridgehead atoms. The van der Waals surface area contributed by atoms with Crippen molar-refractivity contribution in [3.63, 3.8) is 0 Å². The van der Waals surface area contributed by atoms with Crippen LogP contribution in [0, 0.1) is 0 Å². The van der Waals surface area contributed by atoms with E-state index in [1.807, 2.05) is 18.2 Å². The van der Waals surface area contributed by atoms with E-state index in [1.54, 1.807) is 17.6 Å². The molecule has 3 aromatic rings. The zero-order chi connectivity index (χ0) is 47.7. The summed E-state index contributed by atoms with van der Waals surface area (Å²) in [7, 11) is 0. The lowest BCUT2D eigenvalue weighted by atomic mass is 9.85. The van der Waals surface area contributed by atoms with Crippen LogP contribution in [0.5, 0.6) is 5.75 Å². The van der Waals surface area contributed by atoms with Crippen LogP contribution in [0.15, 0.2) is 29.1 Å². The van der Waals surface area contributed by atoms with Crippen LogP contribution in [0.2, 0.25) is 0 Å². The van der Waals surface area contributed by atoms with Gasteiger partial charge in [0.05, 0.1) is 29.0 Å².